The lowest BCUT2D eigenvalue weighted by molar-refractivity contribution is -0.000413. The molecule has 0 bridgehead atoms. The summed E-state index contributed by atoms with van der Waals surface area (Å²) in [6.45, 7) is 7.30. The fourth-order valence-corrected chi connectivity index (χ4v) is 2.24. The van der Waals surface area contributed by atoms with E-state index in [4.69, 9.17) is 16.0 Å². The number of carbonyl (C=O) groups is 1. The number of carbonyl (C=O) groups excluding carboxylic acids is 1. The largest absolute Gasteiger partial charge is 0.444 e. The molecule has 5 heteroatoms. The summed E-state index contributed by atoms with van der Waals surface area (Å²) in [5, 5.41) is 11.6. The highest BCUT2D eigenvalue weighted by Gasteiger charge is 2.22. The summed E-state index contributed by atoms with van der Waals surface area (Å²) >= 11 is 0. The Labute approximate surface area is 123 Å². The Bertz CT molecular complexity index is 333. The van der Waals surface area contributed by atoms with E-state index in [9.17, 15) is 4.79 Å². The van der Waals surface area contributed by atoms with E-state index in [1.165, 1.54) is 0 Å². The van der Waals surface area contributed by atoms with Crippen LogP contribution in [0.15, 0.2) is 0 Å². The zero-order chi connectivity index (χ0) is 16.1. The number of amides is 1. The molecule has 1 fully saturated rings. The van der Waals surface area contributed by atoms with Crippen molar-refractivity contribution < 1.29 is 20.7 Å². The van der Waals surface area contributed by atoms with Gasteiger partial charge in [-0.15, -0.1) is 0 Å². The molecule has 5 nitrogen and oxygen atoms in total. The Hall–Kier alpha value is -0.810. The van der Waals surface area contributed by atoms with Crippen LogP contribution in [0.2, 0.25) is 0 Å². The number of aliphatic hydroxyl groups is 1. The van der Waals surface area contributed by atoms with E-state index in [1.54, 1.807) is 27.7 Å². The van der Waals surface area contributed by atoms with Crippen molar-refractivity contribution in [1.29, 1.82) is 0 Å². The second-order valence-corrected chi connectivity index (χ2v) is 6.54. The molecule has 20 heavy (non-hydrogen) atoms. The van der Waals surface area contributed by atoms with E-state index in [2.05, 4.69) is 5.32 Å². The third-order valence-electron chi connectivity index (χ3n) is 3.30. The van der Waals surface area contributed by atoms with Crippen molar-refractivity contribution in [3.63, 3.8) is 0 Å². The van der Waals surface area contributed by atoms with Crippen LogP contribution in [0.5, 0.6) is 0 Å². The zero-order valence-electron chi connectivity index (χ0n) is 14.1. The van der Waals surface area contributed by atoms with Crippen LogP contribution >= 0.6 is 0 Å². The van der Waals surface area contributed by atoms with Crippen LogP contribution in [0.3, 0.4) is 0 Å². The SMILES string of the molecule is [2H]C(C)(COC1CCC(CO)CC1)NC(=O)OC(C)(C)C. The Kier molecular flexibility index (Phi) is 6.10. The number of nitrogens with one attached hydrogen (secondary N) is 1. The number of aliphatic hydroxyl groups excluding tert-OH is 1. The maximum atomic E-state index is 11.7. The quantitative estimate of drug-likeness (QED) is 0.815. The van der Waals surface area contributed by atoms with Crippen LogP contribution in [0, 0.1) is 5.92 Å². The van der Waals surface area contributed by atoms with Gasteiger partial charge in [-0.1, -0.05) is 0 Å². The molecule has 0 saturated heterocycles. The van der Waals surface area contributed by atoms with E-state index in [-0.39, 0.29) is 19.3 Å². The molecule has 0 heterocycles. The van der Waals surface area contributed by atoms with E-state index < -0.39 is 17.7 Å². The summed E-state index contributed by atoms with van der Waals surface area (Å²) in [5.41, 5.74) is -0.580. The van der Waals surface area contributed by atoms with Crippen LogP contribution < -0.4 is 5.32 Å². The first-order chi connectivity index (χ1) is 9.61. The minimum Gasteiger partial charge on any atom is -0.444 e. The van der Waals surface area contributed by atoms with Gasteiger partial charge < -0.3 is 19.9 Å². The molecule has 1 atom stereocenters. The van der Waals surface area contributed by atoms with Gasteiger partial charge in [0.05, 0.1) is 20.1 Å². The standard InChI is InChI=1S/C15H29NO4/c1-11(16-14(18)20-15(2,3)4)10-19-13-7-5-12(9-17)6-8-13/h11-13,17H,5-10H2,1-4H3,(H,16,18)/i11D. The number of hydrogen-bond acceptors (Lipinski definition) is 4. The fraction of sp³-hybridized carbons (Fsp3) is 0.933. The molecule has 0 radical (unpaired) electrons. The van der Waals surface area contributed by atoms with Gasteiger partial charge in [0.1, 0.15) is 5.60 Å². The first-order valence-corrected chi connectivity index (χ1v) is 7.35. The topological polar surface area (TPSA) is 67.8 Å². The van der Waals surface area contributed by atoms with Gasteiger partial charge in [0.2, 0.25) is 0 Å². The van der Waals surface area contributed by atoms with Crippen LogP contribution in [0.25, 0.3) is 0 Å². The van der Waals surface area contributed by atoms with E-state index in [1.807, 2.05) is 0 Å². The van der Waals surface area contributed by atoms with Crippen molar-refractivity contribution in [3.8, 4) is 0 Å². The van der Waals surface area contributed by atoms with E-state index in [0.717, 1.165) is 25.7 Å². The highest BCUT2D eigenvalue weighted by molar-refractivity contribution is 5.68. The third-order valence-corrected chi connectivity index (χ3v) is 3.30. The smallest absolute Gasteiger partial charge is 0.407 e. The molecule has 1 saturated carbocycles. The van der Waals surface area contributed by atoms with Gasteiger partial charge in [0.25, 0.3) is 0 Å². The lowest BCUT2D eigenvalue weighted by Crippen LogP contribution is -2.40. The van der Waals surface area contributed by atoms with Crippen molar-refractivity contribution in [2.24, 2.45) is 5.92 Å². The molecule has 0 aromatic heterocycles. The van der Waals surface area contributed by atoms with Crippen LogP contribution in [0.1, 0.15) is 54.7 Å². The molecule has 0 aromatic carbocycles. The van der Waals surface area contributed by atoms with Crippen molar-refractivity contribution in [2.45, 2.75) is 71.1 Å². The van der Waals surface area contributed by atoms with Crippen molar-refractivity contribution >= 4 is 6.09 Å². The molecule has 0 spiro atoms. The molecule has 118 valence electrons. The summed E-state index contributed by atoms with van der Waals surface area (Å²) in [6, 6.07) is -1.21. The predicted octanol–water partition coefficient (Wildman–Crippen LogP) is 2.47. The lowest BCUT2D eigenvalue weighted by Gasteiger charge is -2.28. The fourth-order valence-electron chi connectivity index (χ4n) is 2.24. The summed E-state index contributed by atoms with van der Waals surface area (Å²) in [6.07, 6.45) is 3.21. The van der Waals surface area contributed by atoms with Gasteiger partial charge in [-0.2, -0.15) is 0 Å². The van der Waals surface area contributed by atoms with Crippen LogP contribution in [-0.2, 0) is 9.47 Å². The zero-order valence-corrected chi connectivity index (χ0v) is 13.1. The lowest BCUT2D eigenvalue weighted by atomic mass is 9.88. The van der Waals surface area contributed by atoms with Gasteiger partial charge >= 0.3 is 6.09 Å². The number of alkyl carbamates (subject to hydrolysis) is 1. The average molecular weight is 288 g/mol. The number of rotatable bonds is 5. The molecule has 1 aliphatic carbocycles. The van der Waals surface area contributed by atoms with Gasteiger partial charge in [-0.05, 0) is 59.3 Å². The monoisotopic (exact) mass is 288 g/mol. The molecular weight excluding hydrogens is 258 g/mol. The maximum absolute atomic E-state index is 11.7. The summed E-state index contributed by atoms with van der Waals surface area (Å²) < 4.78 is 19.0. The number of ether oxygens (including phenoxy) is 2. The average Bonchev–Trinajstić information content (AvgIpc) is 2.34. The summed E-state index contributed by atoms with van der Waals surface area (Å²) in [5.74, 6) is 0.382. The molecule has 0 aliphatic heterocycles. The molecule has 1 rings (SSSR count). The molecule has 2 N–H and O–H groups in total. The molecule has 1 aliphatic rings. The molecule has 0 aromatic rings. The van der Waals surface area contributed by atoms with Gasteiger partial charge in [-0.25, -0.2) is 4.79 Å². The Balaban J connectivity index is 2.31. The van der Waals surface area contributed by atoms with Crippen molar-refractivity contribution in [3.05, 3.63) is 0 Å². The second kappa shape index (κ2) is 7.84. The van der Waals surface area contributed by atoms with Crippen molar-refractivity contribution in [2.75, 3.05) is 13.2 Å². The Morgan fingerprint density at radius 3 is 2.50 bits per heavy atom. The minimum absolute atomic E-state index is 0.109. The highest BCUT2D eigenvalue weighted by Crippen LogP contribution is 2.25. The molecular formula is C15H29NO4. The minimum atomic E-state index is -1.21. The van der Waals surface area contributed by atoms with Gasteiger partial charge in [-0.3, -0.25) is 0 Å². The predicted molar refractivity (Wildman–Crippen MR) is 77.6 cm³/mol. The molecule has 1 amide bonds. The second-order valence-electron chi connectivity index (χ2n) is 6.54. The van der Waals surface area contributed by atoms with Gasteiger partial charge in [0, 0.05) is 6.61 Å². The summed E-state index contributed by atoms with van der Waals surface area (Å²) in [7, 11) is 0. The van der Waals surface area contributed by atoms with Crippen LogP contribution in [-0.4, -0.2) is 42.1 Å². The van der Waals surface area contributed by atoms with E-state index in [0.29, 0.717) is 5.92 Å². The van der Waals surface area contributed by atoms with Gasteiger partial charge in [0.15, 0.2) is 0 Å². The Morgan fingerprint density at radius 2 is 2.00 bits per heavy atom. The number of hydrogen-bond donors (Lipinski definition) is 2. The molecule has 1 unspecified atom stereocenters. The van der Waals surface area contributed by atoms with Crippen molar-refractivity contribution in [1.82, 2.24) is 5.32 Å². The first kappa shape index (κ1) is 15.6. The van der Waals surface area contributed by atoms with Crippen LogP contribution in [0.4, 0.5) is 4.79 Å². The maximum Gasteiger partial charge on any atom is 0.407 e. The Morgan fingerprint density at radius 1 is 1.40 bits per heavy atom. The highest BCUT2D eigenvalue weighted by atomic mass is 16.6. The van der Waals surface area contributed by atoms with E-state index >= 15 is 0 Å². The first-order valence-electron chi connectivity index (χ1n) is 7.85. The summed E-state index contributed by atoms with van der Waals surface area (Å²) in [4.78, 5) is 11.7. The third kappa shape index (κ3) is 7.10. The normalized spacial score (nSPS) is 27.4.